The van der Waals surface area contributed by atoms with Gasteiger partial charge in [-0.3, -0.25) is 0 Å². The van der Waals surface area contributed by atoms with E-state index in [-0.39, 0.29) is 5.41 Å². The minimum absolute atomic E-state index is 0.116. The zero-order valence-electron chi connectivity index (χ0n) is 8.96. The maximum atomic E-state index is 9.55. The molecule has 2 atom stereocenters. The Hall–Kier alpha value is -0.340. The van der Waals surface area contributed by atoms with Crippen molar-refractivity contribution in [1.82, 2.24) is 0 Å². The van der Waals surface area contributed by atoms with E-state index in [2.05, 4.69) is 27.7 Å². The van der Waals surface area contributed by atoms with Crippen LogP contribution in [0.25, 0.3) is 0 Å². The van der Waals surface area contributed by atoms with E-state index in [1.54, 1.807) is 0 Å². The quantitative estimate of drug-likeness (QED) is 0.564. The Bertz CT molecular complexity index is 223. The van der Waals surface area contributed by atoms with Gasteiger partial charge in [0, 0.05) is 0 Å². The lowest BCUT2D eigenvalue weighted by Crippen LogP contribution is -2.33. The minimum Gasteiger partial charge on any atom is -0.390 e. The highest BCUT2D eigenvalue weighted by Gasteiger charge is 2.30. The van der Waals surface area contributed by atoms with Gasteiger partial charge in [0.15, 0.2) is 0 Å². The van der Waals surface area contributed by atoms with Gasteiger partial charge >= 0.3 is 0 Å². The summed E-state index contributed by atoms with van der Waals surface area (Å²) in [5.41, 5.74) is 2.65. The van der Waals surface area contributed by atoms with Gasteiger partial charge in [-0.15, -0.1) is 0 Å². The van der Waals surface area contributed by atoms with Gasteiger partial charge in [-0.1, -0.05) is 31.9 Å². The maximum Gasteiger partial charge on any atom is 0.0839 e. The minimum atomic E-state index is -0.571. The lowest BCUT2D eigenvalue weighted by molar-refractivity contribution is 0.0108. The Morgan fingerprint density at radius 3 is 2.00 bits per heavy atom. The Morgan fingerprint density at radius 2 is 1.54 bits per heavy atom. The van der Waals surface area contributed by atoms with Gasteiger partial charge < -0.3 is 10.2 Å². The molecule has 1 rings (SSSR count). The van der Waals surface area contributed by atoms with Gasteiger partial charge in [0.05, 0.1) is 12.2 Å². The molecule has 2 N–H and O–H groups in total. The highest BCUT2D eigenvalue weighted by Crippen LogP contribution is 2.37. The molecule has 2 heteroatoms. The van der Waals surface area contributed by atoms with Crippen LogP contribution in [0.2, 0.25) is 0 Å². The Balaban J connectivity index is 2.91. The summed E-state index contributed by atoms with van der Waals surface area (Å²) < 4.78 is 0. The largest absolute Gasteiger partial charge is 0.390 e. The smallest absolute Gasteiger partial charge is 0.0839 e. The van der Waals surface area contributed by atoms with Crippen LogP contribution in [0.5, 0.6) is 0 Å². The number of rotatable bonds is 0. The number of hydrogen-bond donors (Lipinski definition) is 2. The van der Waals surface area contributed by atoms with Crippen LogP contribution in [-0.4, -0.2) is 22.4 Å². The van der Waals surface area contributed by atoms with E-state index in [0.29, 0.717) is 12.8 Å². The van der Waals surface area contributed by atoms with Crippen LogP contribution in [0.4, 0.5) is 0 Å². The van der Waals surface area contributed by atoms with Gasteiger partial charge in [0.2, 0.25) is 0 Å². The summed E-state index contributed by atoms with van der Waals surface area (Å²) in [5.74, 6) is 0. The molecule has 0 saturated carbocycles. The standard InChI is InChI=1S/C11H20O2/c1-7-5-9(12)10(13)6-8(7)11(2,3)4/h9-10,12-13H,5-6H2,1-4H3. The molecule has 0 amide bonds. The number of hydrogen-bond acceptors (Lipinski definition) is 2. The van der Waals surface area contributed by atoms with Gasteiger partial charge in [-0.05, 0) is 25.2 Å². The van der Waals surface area contributed by atoms with E-state index in [4.69, 9.17) is 0 Å². The topological polar surface area (TPSA) is 40.5 Å². The third kappa shape index (κ3) is 2.32. The van der Waals surface area contributed by atoms with Crippen molar-refractivity contribution in [3.8, 4) is 0 Å². The molecule has 1 aliphatic rings. The van der Waals surface area contributed by atoms with Crippen molar-refractivity contribution in [2.45, 2.75) is 52.7 Å². The molecule has 13 heavy (non-hydrogen) atoms. The molecule has 0 aliphatic heterocycles. The second-order valence-corrected chi connectivity index (χ2v) is 5.05. The fourth-order valence-corrected chi connectivity index (χ4v) is 2.04. The fraction of sp³-hybridized carbons (Fsp3) is 0.818. The van der Waals surface area contributed by atoms with E-state index in [1.165, 1.54) is 11.1 Å². The Morgan fingerprint density at radius 1 is 1.08 bits per heavy atom. The second-order valence-electron chi connectivity index (χ2n) is 5.05. The van der Waals surface area contributed by atoms with Gasteiger partial charge in [-0.25, -0.2) is 0 Å². The molecule has 0 fully saturated rings. The van der Waals surface area contributed by atoms with E-state index < -0.39 is 12.2 Å². The average molecular weight is 184 g/mol. The van der Waals surface area contributed by atoms with Crippen LogP contribution in [0.15, 0.2) is 11.1 Å². The summed E-state index contributed by atoms with van der Waals surface area (Å²) in [6, 6.07) is 0. The average Bonchev–Trinajstić information content (AvgIpc) is 1.94. The normalized spacial score (nSPS) is 30.9. The van der Waals surface area contributed by atoms with Crippen molar-refractivity contribution in [3.05, 3.63) is 11.1 Å². The zero-order chi connectivity index (χ0) is 10.2. The molecule has 0 radical (unpaired) electrons. The molecule has 76 valence electrons. The van der Waals surface area contributed by atoms with Crippen molar-refractivity contribution in [2.24, 2.45) is 5.41 Å². The number of aliphatic hydroxyl groups is 2. The lowest BCUT2D eigenvalue weighted by atomic mass is 9.75. The SMILES string of the molecule is CC1=C(C(C)(C)C)CC(O)C(O)C1. The molecule has 1 aliphatic carbocycles. The van der Waals surface area contributed by atoms with Crippen molar-refractivity contribution in [1.29, 1.82) is 0 Å². The summed E-state index contributed by atoms with van der Waals surface area (Å²) in [5, 5.41) is 19.0. The van der Waals surface area contributed by atoms with Crippen molar-refractivity contribution in [3.63, 3.8) is 0 Å². The van der Waals surface area contributed by atoms with Crippen molar-refractivity contribution >= 4 is 0 Å². The van der Waals surface area contributed by atoms with Gasteiger partial charge in [0.1, 0.15) is 0 Å². The van der Waals surface area contributed by atoms with Crippen LogP contribution in [-0.2, 0) is 0 Å². The predicted octanol–water partition coefficient (Wildman–Crippen LogP) is 1.86. The Labute approximate surface area is 80.3 Å². The van der Waals surface area contributed by atoms with E-state index in [9.17, 15) is 10.2 Å². The van der Waals surface area contributed by atoms with E-state index >= 15 is 0 Å². The molecule has 2 nitrogen and oxygen atoms in total. The molecule has 0 aromatic carbocycles. The van der Waals surface area contributed by atoms with Crippen LogP contribution in [0.1, 0.15) is 40.5 Å². The van der Waals surface area contributed by atoms with E-state index in [0.717, 1.165) is 0 Å². The molecule has 0 aromatic heterocycles. The highest BCUT2D eigenvalue weighted by atomic mass is 16.3. The van der Waals surface area contributed by atoms with Crippen LogP contribution >= 0.6 is 0 Å². The summed E-state index contributed by atoms with van der Waals surface area (Å²) in [7, 11) is 0. The lowest BCUT2D eigenvalue weighted by Gasteiger charge is -2.34. The van der Waals surface area contributed by atoms with E-state index in [1.807, 2.05) is 0 Å². The first kappa shape index (κ1) is 10.7. The first-order valence-electron chi connectivity index (χ1n) is 4.87. The molecule has 0 aromatic rings. The summed E-state index contributed by atoms with van der Waals surface area (Å²) >= 11 is 0. The highest BCUT2D eigenvalue weighted by molar-refractivity contribution is 5.23. The third-order valence-corrected chi connectivity index (χ3v) is 2.79. The van der Waals surface area contributed by atoms with Crippen molar-refractivity contribution in [2.75, 3.05) is 0 Å². The second kappa shape index (κ2) is 3.43. The van der Waals surface area contributed by atoms with Gasteiger partial charge in [-0.2, -0.15) is 0 Å². The molecule has 0 saturated heterocycles. The summed E-state index contributed by atoms with van der Waals surface area (Å²) in [6.07, 6.45) is 0.105. The first-order valence-corrected chi connectivity index (χ1v) is 4.87. The number of aliphatic hydroxyl groups excluding tert-OH is 2. The summed E-state index contributed by atoms with van der Waals surface area (Å²) in [4.78, 5) is 0. The summed E-state index contributed by atoms with van der Waals surface area (Å²) in [6.45, 7) is 8.50. The maximum absolute atomic E-state index is 9.55. The third-order valence-electron chi connectivity index (χ3n) is 2.79. The van der Waals surface area contributed by atoms with Crippen LogP contribution in [0.3, 0.4) is 0 Å². The van der Waals surface area contributed by atoms with Crippen molar-refractivity contribution < 1.29 is 10.2 Å². The monoisotopic (exact) mass is 184 g/mol. The van der Waals surface area contributed by atoms with Gasteiger partial charge in [0.25, 0.3) is 0 Å². The molecule has 0 heterocycles. The molecular formula is C11H20O2. The van der Waals surface area contributed by atoms with Crippen LogP contribution in [0, 0.1) is 5.41 Å². The zero-order valence-corrected chi connectivity index (χ0v) is 8.96. The predicted molar refractivity (Wildman–Crippen MR) is 53.4 cm³/mol. The molecular weight excluding hydrogens is 164 g/mol. The molecule has 0 bridgehead atoms. The fourth-order valence-electron chi connectivity index (χ4n) is 2.04. The Kier molecular flexibility index (Phi) is 2.83. The van der Waals surface area contributed by atoms with Crippen LogP contribution < -0.4 is 0 Å². The molecule has 2 unspecified atom stereocenters. The molecule has 0 spiro atoms. The first-order chi connectivity index (χ1) is 5.82.